The van der Waals surface area contributed by atoms with Gasteiger partial charge in [-0.1, -0.05) is 36.8 Å². The lowest BCUT2D eigenvalue weighted by molar-refractivity contribution is 0.180. The van der Waals surface area contributed by atoms with E-state index in [1.165, 1.54) is 41.6 Å². The van der Waals surface area contributed by atoms with Crippen LogP contribution in [0, 0.1) is 5.82 Å². The number of phenolic OH excluding ortho intramolecular Hbond substituents is 1. The fourth-order valence-electron chi connectivity index (χ4n) is 6.13. The summed E-state index contributed by atoms with van der Waals surface area (Å²) in [7, 11) is 0. The number of rotatable bonds is 10. The number of benzene rings is 3. The third-order valence-corrected chi connectivity index (χ3v) is 8.30. The van der Waals surface area contributed by atoms with Crippen LogP contribution < -0.4 is 9.64 Å². The van der Waals surface area contributed by atoms with Gasteiger partial charge in [-0.15, -0.1) is 0 Å². The van der Waals surface area contributed by atoms with Crippen LogP contribution in [-0.2, 0) is 19.3 Å². The van der Waals surface area contributed by atoms with E-state index in [-0.39, 0.29) is 5.82 Å². The maximum atomic E-state index is 14.8. The fourth-order valence-corrected chi connectivity index (χ4v) is 6.13. The van der Waals surface area contributed by atoms with E-state index in [4.69, 9.17) is 4.74 Å². The first-order chi connectivity index (χ1) is 18.6. The topological polar surface area (TPSA) is 35.9 Å². The van der Waals surface area contributed by atoms with Gasteiger partial charge in [0.05, 0.1) is 0 Å². The molecule has 0 radical (unpaired) electrons. The quantitative estimate of drug-likeness (QED) is 0.324. The average Bonchev–Trinajstić information content (AvgIpc) is 2.95. The molecule has 0 spiro atoms. The van der Waals surface area contributed by atoms with Gasteiger partial charge in [0.1, 0.15) is 12.4 Å². The zero-order valence-electron chi connectivity index (χ0n) is 22.7. The summed E-state index contributed by atoms with van der Waals surface area (Å²) in [6.07, 6.45) is 7.66. The zero-order valence-corrected chi connectivity index (χ0v) is 22.7. The normalized spacial score (nSPS) is 17.7. The summed E-state index contributed by atoms with van der Waals surface area (Å²) in [6.45, 7) is 7.56. The summed E-state index contributed by atoms with van der Waals surface area (Å²) < 4.78 is 20.6. The van der Waals surface area contributed by atoms with Crippen molar-refractivity contribution < 1.29 is 14.2 Å². The van der Waals surface area contributed by atoms with Crippen LogP contribution in [0.15, 0.2) is 60.7 Å². The Morgan fingerprint density at radius 2 is 1.84 bits per heavy atom. The Balaban J connectivity index is 1.20. The SMILES string of the molecule is CCN(CCc1ccc(OCCN2CCCCC2)c(F)c1)c1ccccc1C1CCc2cc(O)ccc2C1. The molecule has 3 aromatic rings. The number of hydrogen-bond acceptors (Lipinski definition) is 4. The molecule has 5 rings (SSSR count). The van der Waals surface area contributed by atoms with Gasteiger partial charge in [0, 0.05) is 25.3 Å². The summed E-state index contributed by atoms with van der Waals surface area (Å²) in [5, 5.41) is 9.85. The highest BCUT2D eigenvalue weighted by Crippen LogP contribution is 2.38. The molecular formula is C33H41FN2O2. The molecule has 1 N–H and O–H groups in total. The van der Waals surface area contributed by atoms with Gasteiger partial charge in [-0.25, -0.2) is 4.39 Å². The van der Waals surface area contributed by atoms with E-state index < -0.39 is 0 Å². The van der Waals surface area contributed by atoms with Gasteiger partial charge in [-0.05, 0) is 117 Å². The molecule has 0 amide bonds. The molecule has 1 atom stereocenters. The summed E-state index contributed by atoms with van der Waals surface area (Å²) in [6, 6.07) is 20.0. The minimum atomic E-state index is -0.267. The van der Waals surface area contributed by atoms with Crippen molar-refractivity contribution in [2.24, 2.45) is 0 Å². The van der Waals surface area contributed by atoms with E-state index >= 15 is 0 Å². The summed E-state index contributed by atoms with van der Waals surface area (Å²) in [5.41, 5.74) is 6.27. The molecule has 1 saturated heterocycles. The summed E-state index contributed by atoms with van der Waals surface area (Å²) in [4.78, 5) is 4.83. The van der Waals surface area contributed by atoms with Gasteiger partial charge in [-0.3, -0.25) is 4.90 Å². The number of hydrogen-bond donors (Lipinski definition) is 1. The van der Waals surface area contributed by atoms with Crippen molar-refractivity contribution in [3.8, 4) is 11.5 Å². The molecule has 5 heteroatoms. The predicted octanol–water partition coefficient (Wildman–Crippen LogP) is 6.74. The van der Waals surface area contributed by atoms with E-state index in [2.05, 4.69) is 47.1 Å². The predicted molar refractivity (Wildman–Crippen MR) is 153 cm³/mol. The average molecular weight is 517 g/mol. The van der Waals surface area contributed by atoms with Crippen LogP contribution in [-0.4, -0.2) is 49.3 Å². The zero-order chi connectivity index (χ0) is 26.3. The fraction of sp³-hybridized carbons (Fsp3) is 0.455. The Kier molecular flexibility index (Phi) is 8.85. The van der Waals surface area contributed by atoms with Crippen LogP contribution in [0.25, 0.3) is 0 Å². The number of anilines is 1. The largest absolute Gasteiger partial charge is 0.508 e. The number of piperidine rings is 1. The molecule has 1 heterocycles. The van der Waals surface area contributed by atoms with Gasteiger partial charge < -0.3 is 14.7 Å². The number of aryl methyl sites for hydroxylation is 1. The van der Waals surface area contributed by atoms with Gasteiger partial charge in [0.15, 0.2) is 11.6 Å². The maximum Gasteiger partial charge on any atom is 0.165 e. The molecule has 0 aromatic heterocycles. The molecule has 1 fully saturated rings. The van der Waals surface area contributed by atoms with E-state index in [9.17, 15) is 9.50 Å². The van der Waals surface area contributed by atoms with Gasteiger partial charge in [-0.2, -0.15) is 0 Å². The molecule has 1 aliphatic heterocycles. The van der Waals surface area contributed by atoms with Crippen LogP contribution in [0.4, 0.5) is 10.1 Å². The Morgan fingerprint density at radius 1 is 1.00 bits per heavy atom. The second-order valence-corrected chi connectivity index (χ2v) is 10.8. The summed E-state index contributed by atoms with van der Waals surface area (Å²) in [5.74, 6) is 0.898. The first-order valence-corrected chi connectivity index (χ1v) is 14.4. The van der Waals surface area contributed by atoms with Crippen molar-refractivity contribution in [3.05, 3.63) is 88.7 Å². The number of likely N-dealkylation sites (N-methyl/N-ethyl adjacent to an activating group) is 1. The number of halogens is 1. The molecule has 1 unspecified atom stereocenters. The molecule has 3 aromatic carbocycles. The monoisotopic (exact) mass is 516 g/mol. The van der Waals surface area contributed by atoms with Gasteiger partial charge in [0.2, 0.25) is 0 Å². The highest BCUT2D eigenvalue weighted by molar-refractivity contribution is 5.56. The maximum absolute atomic E-state index is 14.8. The third kappa shape index (κ3) is 6.50. The van der Waals surface area contributed by atoms with E-state index in [1.54, 1.807) is 18.2 Å². The van der Waals surface area contributed by atoms with Crippen LogP contribution in [0.5, 0.6) is 11.5 Å². The Bertz CT molecular complexity index is 1210. The molecule has 2 aliphatic rings. The molecule has 4 nitrogen and oxygen atoms in total. The minimum Gasteiger partial charge on any atom is -0.508 e. The highest BCUT2D eigenvalue weighted by atomic mass is 19.1. The lowest BCUT2D eigenvalue weighted by atomic mass is 9.79. The summed E-state index contributed by atoms with van der Waals surface area (Å²) >= 11 is 0. The molecule has 1 aliphatic carbocycles. The van der Waals surface area contributed by atoms with Crippen molar-refractivity contribution >= 4 is 5.69 Å². The number of ether oxygens (including phenoxy) is 1. The Labute approximate surface area is 227 Å². The van der Waals surface area contributed by atoms with Crippen LogP contribution >= 0.6 is 0 Å². The van der Waals surface area contributed by atoms with Crippen molar-refractivity contribution in [3.63, 3.8) is 0 Å². The third-order valence-electron chi connectivity index (χ3n) is 8.30. The first-order valence-electron chi connectivity index (χ1n) is 14.4. The smallest absolute Gasteiger partial charge is 0.165 e. The molecule has 38 heavy (non-hydrogen) atoms. The number of para-hydroxylation sites is 1. The standard InChI is InChI=1S/C33H41FN2O2/c1-2-36(19-16-25-10-15-33(31(34)22-25)38-21-20-35-17-6-3-7-18-35)32-9-5-4-8-30(32)28-12-11-27-24-29(37)14-13-26(27)23-28/h4-5,8-10,13-15,22,24,28,37H,2-3,6-7,11-12,16-21,23H2,1H3. The van der Waals surface area contributed by atoms with Crippen LogP contribution in [0.2, 0.25) is 0 Å². The first kappa shape index (κ1) is 26.6. The number of fused-ring (bicyclic) bond motifs is 1. The molecular weight excluding hydrogens is 475 g/mol. The molecule has 0 saturated carbocycles. The lowest BCUT2D eigenvalue weighted by Crippen LogP contribution is -2.33. The van der Waals surface area contributed by atoms with Gasteiger partial charge in [0.25, 0.3) is 0 Å². The van der Waals surface area contributed by atoms with Crippen LogP contribution in [0.3, 0.4) is 0 Å². The van der Waals surface area contributed by atoms with Crippen molar-refractivity contribution in [1.29, 1.82) is 0 Å². The van der Waals surface area contributed by atoms with Crippen molar-refractivity contribution in [2.45, 2.75) is 57.8 Å². The number of likely N-dealkylation sites (tertiary alicyclic amines) is 1. The van der Waals surface area contributed by atoms with E-state index in [0.717, 1.165) is 64.0 Å². The second-order valence-electron chi connectivity index (χ2n) is 10.8. The van der Waals surface area contributed by atoms with Crippen molar-refractivity contribution in [1.82, 2.24) is 4.90 Å². The number of aromatic hydroxyl groups is 1. The van der Waals surface area contributed by atoms with Crippen LogP contribution in [0.1, 0.15) is 60.8 Å². The Morgan fingerprint density at radius 3 is 2.66 bits per heavy atom. The van der Waals surface area contributed by atoms with E-state index in [1.807, 2.05) is 12.1 Å². The molecule has 202 valence electrons. The number of phenols is 1. The second kappa shape index (κ2) is 12.7. The molecule has 0 bridgehead atoms. The highest BCUT2D eigenvalue weighted by Gasteiger charge is 2.24. The number of nitrogens with zero attached hydrogens (tertiary/aromatic N) is 2. The van der Waals surface area contributed by atoms with Crippen molar-refractivity contribution in [2.75, 3.05) is 44.2 Å². The van der Waals surface area contributed by atoms with E-state index in [0.29, 0.717) is 24.0 Å². The lowest BCUT2D eigenvalue weighted by Gasteiger charge is -2.31. The van der Waals surface area contributed by atoms with Gasteiger partial charge >= 0.3 is 0 Å². The Hall–Kier alpha value is -3.05. The minimum absolute atomic E-state index is 0.267.